The van der Waals surface area contributed by atoms with Crippen LogP contribution in [0.25, 0.3) is 0 Å². The highest BCUT2D eigenvalue weighted by Gasteiger charge is 2.24. The minimum absolute atomic E-state index is 0.176. The Kier molecular flexibility index (Phi) is 4.43. The van der Waals surface area contributed by atoms with E-state index in [0.29, 0.717) is 19.4 Å². The molecule has 1 amide bonds. The molecule has 0 spiro atoms. The highest BCUT2D eigenvalue weighted by molar-refractivity contribution is 5.69. The Bertz CT molecular complexity index is 206. The summed E-state index contributed by atoms with van der Waals surface area (Å²) in [6.45, 7) is 2.99. The van der Waals surface area contributed by atoms with E-state index in [4.69, 9.17) is 4.74 Å². The van der Waals surface area contributed by atoms with Crippen LogP contribution in [0, 0.1) is 0 Å². The van der Waals surface area contributed by atoms with Crippen LogP contribution in [0.3, 0.4) is 0 Å². The normalized spacial score (nSPS) is 20.9. The van der Waals surface area contributed by atoms with Crippen molar-refractivity contribution in [3.63, 3.8) is 0 Å². The van der Waals surface area contributed by atoms with Crippen molar-refractivity contribution >= 4 is 12.4 Å². The van der Waals surface area contributed by atoms with E-state index in [9.17, 15) is 9.59 Å². The van der Waals surface area contributed by atoms with Gasteiger partial charge in [-0.2, -0.15) is 0 Å². The molecule has 4 nitrogen and oxygen atoms in total. The summed E-state index contributed by atoms with van der Waals surface area (Å²) in [7, 11) is 0. The molecule has 1 saturated heterocycles. The molecule has 4 heteroatoms. The van der Waals surface area contributed by atoms with Crippen molar-refractivity contribution in [1.29, 1.82) is 0 Å². The van der Waals surface area contributed by atoms with Crippen molar-refractivity contribution in [1.82, 2.24) is 4.90 Å². The monoisotopic (exact) mass is 198 g/mol. The van der Waals surface area contributed by atoms with Gasteiger partial charge in [0.25, 0.3) is 0 Å². The van der Waals surface area contributed by atoms with Gasteiger partial charge in [0.15, 0.2) is 0 Å². The van der Waals surface area contributed by atoms with E-state index in [1.165, 1.54) is 0 Å². The van der Waals surface area contributed by atoms with Crippen molar-refractivity contribution in [2.75, 3.05) is 13.2 Å². The first-order valence-electron chi connectivity index (χ1n) is 5.08. The van der Waals surface area contributed by atoms with Crippen LogP contribution < -0.4 is 0 Å². The molecule has 0 aliphatic carbocycles. The third-order valence-corrected chi connectivity index (χ3v) is 2.48. The maximum absolute atomic E-state index is 11.1. The SMILES string of the molecule is CCOC(=O)CCC1CCCN1[C]=O. The number of carbonyl (C=O) groups excluding carboxylic acids is 2. The van der Waals surface area contributed by atoms with E-state index in [1.54, 1.807) is 11.8 Å². The Labute approximate surface area is 84.2 Å². The second-order valence-corrected chi connectivity index (χ2v) is 3.42. The second kappa shape index (κ2) is 5.62. The summed E-state index contributed by atoms with van der Waals surface area (Å²) >= 11 is 0. The molecular weight excluding hydrogens is 182 g/mol. The molecule has 0 N–H and O–H groups in total. The van der Waals surface area contributed by atoms with E-state index in [-0.39, 0.29) is 12.0 Å². The van der Waals surface area contributed by atoms with Crippen LogP contribution in [0.2, 0.25) is 0 Å². The van der Waals surface area contributed by atoms with Crippen LogP contribution in [0.4, 0.5) is 0 Å². The topological polar surface area (TPSA) is 46.6 Å². The zero-order valence-electron chi connectivity index (χ0n) is 8.49. The summed E-state index contributed by atoms with van der Waals surface area (Å²) in [5, 5.41) is 0. The fourth-order valence-corrected chi connectivity index (χ4v) is 1.77. The number of rotatable bonds is 5. The number of amides is 1. The van der Waals surface area contributed by atoms with Crippen LogP contribution in [0.1, 0.15) is 32.6 Å². The molecule has 79 valence electrons. The van der Waals surface area contributed by atoms with Gasteiger partial charge in [-0.15, -0.1) is 0 Å². The Balaban J connectivity index is 2.23. The first-order valence-corrected chi connectivity index (χ1v) is 5.08. The lowest BCUT2D eigenvalue weighted by Gasteiger charge is -2.17. The smallest absolute Gasteiger partial charge is 0.312 e. The molecule has 1 aliphatic rings. The summed E-state index contributed by atoms with van der Waals surface area (Å²) in [4.78, 5) is 23.2. The van der Waals surface area contributed by atoms with Gasteiger partial charge in [-0.1, -0.05) is 0 Å². The summed E-state index contributed by atoms with van der Waals surface area (Å²) in [6.07, 6.45) is 5.00. The average Bonchev–Trinajstić information content (AvgIpc) is 2.62. The van der Waals surface area contributed by atoms with Gasteiger partial charge in [-0.25, -0.2) is 0 Å². The number of hydrogen-bond acceptors (Lipinski definition) is 3. The molecule has 0 aromatic carbocycles. The Morgan fingerprint density at radius 3 is 3.07 bits per heavy atom. The number of carbonyl (C=O) groups is 1. The van der Waals surface area contributed by atoms with Gasteiger partial charge in [-0.3, -0.25) is 9.59 Å². The van der Waals surface area contributed by atoms with Crippen molar-refractivity contribution in [2.45, 2.75) is 38.6 Å². The lowest BCUT2D eigenvalue weighted by Crippen LogP contribution is -2.28. The molecule has 0 bridgehead atoms. The van der Waals surface area contributed by atoms with Gasteiger partial charge < -0.3 is 9.64 Å². The number of esters is 1. The molecule has 1 rings (SSSR count). The summed E-state index contributed by atoms with van der Waals surface area (Å²) in [5.41, 5.74) is 0. The van der Waals surface area contributed by atoms with Gasteiger partial charge >= 0.3 is 12.4 Å². The number of nitrogens with zero attached hydrogens (tertiary/aromatic N) is 1. The van der Waals surface area contributed by atoms with Crippen LogP contribution in [-0.2, 0) is 14.3 Å². The minimum atomic E-state index is -0.176. The molecular formula is C10H16NO3. The third kappa shape index (κ3) is 3.01. The zero-order chi connectivity index (χ0) is 10.4. The van der Waals surface area contributed by atoms with Crippen molar-refractivity contribution in [3.05, 3.63) is 0 Å². The number of ether oxygens (including phenoxy) is 1. The fourth-order valence-electron chi connectivity index (χ4n) is 1.77. The molecule has 1 unspecified atom stereocenters. The van der Waals surface area contributed by atoms with Gasteiger partial charge in [0.05, 0.1) is 6.61 Å². The Morgan fingerprint density at radius 2 is 2.43 bits per heavy atom. The van der Waals surface area contributed by atoms with E-state index >= 15 is 0 Å². The molecule has 1 heterocycles. The van der Waals surface area contributed by atoms with E-state index in [0.717, 1.165) is 19.4 Å². The van der Waals surface area contributed by atoms with E-state index in [1.807, 2.05) is 6.41 Å². The van der Waals surface area contributed by atoms with Crippen molar-refractivity contribution in [2.24, 2.45) is 0 Å². The molecule has 0 aromatic heterocycles. The van der Waals surface area contributed by atoms with Gasteiger partial charge in [-0.05, 0) is 26.2 Å². The predicted molar refractivity (Wildman–Crippen MR) is 51.3 cm³/mol. The average molecular weight is 198 g/mol. The van der Waals surface area contributed by atoms with Gasteiger partial charge in [0.1, 0.15) is 0 Å². The molecule has 0 aromatic rings. The predicted octanol–water partition coefficient (Wildman–Crippen LogP) is 0.861. The molecule has 1 aliphatic heterocycles. The minimum Gasteiger partial charge on any atom is -0.466 e. The van der Waals surface area contributed by atoms with Crippen LogP contribution in [-0.4, -0.2) is 36.5 Å². The second-order valence-electron chi connectivity index (χ2n) is 3.42. The Hall–Kier alpha value is -1.06. The van der Waals surface area contributed by atoms with Crippen molar-refractivity contribution in [3.8, 4) is 0 Å². The third-order valence-electron chi connectivity index (χ3n) is 2.48. The highest BCUT2D eigenvalue weighted by Crippen LogP contribution is 2.19. The molecule has 1 atom stereocenters. The van der Waals surface area contributed by atoms with Crippen LogP contribution in [0.15, 0.2) is 0 Å². The van der Waals surface area contributed by atoms with Crippen molar-refractivity contribution < 1.29 is 14.3 Å². The lowest BCUT2D eigenvalue weighted by molar-refractivity contribution is -0.143. The van der Waals surface area contributed by atoms with Crippen LogP contribution in [0.5, 0.6) is 0 Å². The van der Waals surface area contributed by atoms with E-state index < -0.39 is 0 Å². The fraction of sp³-hybridized carbons (Fsp3) is 0.800. The summed E-state index contributed by atoms with van der Waals surface area (Å²) in [6, 6.07) is 0.192. The lowest BCUT2D eigenvalue weighted by atomic mass is 10.1. The maximum Gasteiger partial charge on any atom is 0.312 e. The standard InChI is InChI=1S/C10H16NO3/c1-2-14-10(13)6-5-9-4-3-7-11(9)8-12/h9H,2-7H2,1H3. The zero-order valence-corrected chi connectivity index (χ0v) is 8.49. The first-order chi connectivity index (χ1) is 6.77. The number of hydrogen-bond donors (Lipinski definition) is 0. The molecule has 0 saturated carbocycles. The Morgan fingerprint density at radius 1 is 1.64 bits per heavy atom. The summed E-state index contributed by atoms with van der Waals surface area (Å²) < 4.78 is 4.81. The van der Waals surface area contributed by atoms with Crippen LogP contribution >= 0.6 is 0 Å². The number of likely N-dealkylation sites (tertiary alicyclic amines) is 1. The molecule has 1 fully saturated rings. The van der Waals surface area contributed by atoms with E-state index in [2.05, 4.69) is 0 Å². The van der Waals surface area contributed by atoms with Gasteiger partial charge in [0, 0.05) is 19.0 Å². The maximum atomic E-state index is 11.1. The largest absolute Gasteiger partial charge is 0.466 e. The molecule has 14 heavy (non-hydrogen) atoms. The quantitative estimate of drug-likeness (QED) is 0.615. The first kappa shape index (κ1) is 11.0. The van der Waals surface area contributed by atoms with Gasteiger partial charge in [0.2, 0.25) is 0 Å². The summed E-state index contributed by atoms with van der Waals surface area (Å²) in [5.74, 6) is -0.176. The molecule has 1 radical (unpaired) electrons. The highest BCUT2D eigenvalue weighted by atomic mass is 16.5.